The number of ether oxygens (including phenoxy) is 6. The van der Waals surface area contributed by atoms with Gasteiger partial charge in [-0.1, -0.05) is 6.92 Å². The molecule has 3 heterocycles. The molecule has 3 fully saturated rings. The monoisotopic (exact) mass is 512 g/mol. The molecule has 0 radical (unpaired) electrons. The van der Waals surface area contributed by atoms with Crippen LogP contribution in [0.4, 0.5) is 0 Å². The summed E-state index contributed by atoms with van der Waals surface area (Å²) in [7, 11) is 1.37. The molecule has 3 rings (SSSR count). The SMILES string of the molecule is CO[C@@H]1C(O[C@H]2OC(CO[C@H]3OC(C(=O)O)[C@@H](C)[C@H](O)C3O)[C@@H](O)[C@H](O)C2O)C(C)OC(C)[C@@H]1O. The van der Waals surface area contributed by atoms with Gasteiger partial charge in [0.2, 0.25) is 0 Å². The smallest absolute Gasteiger partial charge is 0.333 e. The van der Waals surface area contributed by atoms with E-state index in [1.165, 1.54) is 14.0 Å². The van der Waals surface area contributed by atoms with Crippen molar-refractivity contribution in [3.63, 3.8) is 0 Å². The van der Waals surface area contributed by atoms with Crippen molar-refractivity contribution < 1.29 is 69.0 Å². The Morgan fingerprint density at radius 2 is 1.37 bits per heavy atom. The molecule has 0 amide bonds. The van der Waals surface area contributed by atoms with E-state index >= 15 is 0 Å². The van der Waals surface area contributed by atoms with Crippen molar-refractivity contribution in [3.8, 4) is 0 Å². The van der Waals surface area contributed by atoms with E-state index in [1.807, 2.05) is 0 Å². The molecule has 0 bridgehead atoms. The number of aliphatic hydroxyl groups is 6. The second-order valence-electron chi connectivity index (χ2n) is 9.29. The van der Waals surface area contributed by atoms with Crippen molar-refractivity contribution in [1.29, 1.82) is 0 Å². The van der Waals surface area contributed by atoms with Crippen LogP contribution in [0.3, 0.4) is 0 Å². The predicted octanol–water partition coefficient (Wildman–Crippen LogP) is -3.45. The van der Waals surface area contributed by atoms with E-state index in [0.29, 0.717) is 0 Å². The van der Waals surface area contributed by atoms with Gasteiger partial charge in [-0.25, -0.2) is 4.79 Å². The van der Waals surface area contributed by atoms with E-state index in [2.05, 4.69) is 0 Å². The van der Waals surface area contributed by atoms with E-state index in [4.69, 9.17) is 28.4 Å². The molecular weight excluding hydrogens is 476 g/mol. The zero-order valence-electron chi connectivity index (χ0n) is 19.9. The van der Waals surface area contributed by atoms with Crippen LogP contribution in [0.5, 0.6) is 0 Å². The van der Waals surface area contributed by atoms with E-state index in [1.54, 1.807) is 13.8 Å². The Labute approximate surface area is 201 Å². The lowest BCUT2D eigenvalue weighted by Gasteiger charge is -2.46. The average molecular weight is 513 g/mol. The molecule has 35 heavy (non-hydrogen) atoms. The van der Waals surface area contributed by atoms with Gasteiger partial charge in [-0.05, 0) is 13.8 Å². The fourth-order valence-corrected chi connectivity index (χ4v) is 4.62. The Hall–Kier alpha value is -1.01. The summed E-state index contributed by atoms with van der Waals surface area (Å²) in [5.74, 6) is -2.27. The lowest BCUT2D eigenvalue weighted by atomic mass is 9.91. The molecule has 15 atom stereocenters. The Balaban J connectivity index is 1.68. The molecule has 7 unspecified atom stereocenters. The van der Waals surface area contributed by atoms with Gasteiger partial charge in [-0.2, -0.15) is 0 Å². The van der Waals surface area contributed by atoms with Gasteiger partial charge in [0, 0.05) is 13.0 Å². The largest absolute Gasteiger partial charge is 0.479 e. The molecular formula is C21H36O14. The van der Waals surface area contributed by atoms with Crippen LogP contribution in [0.25, 0.3) is 0 Å². The summed E-state index contributed by atoms with van der Waals surface area (Å²) in [4.78, 5) is 11.4. The zero-order chi connectivity index (χ0) is 26.2. The first kappa shape index (κ1) is 28.6. The molecule has 3 aliphatic rings. The minimum Gasteiger partial charge on any atom is -0.479 e. The molecule has 204 valence electrons. The van der Waals surface area contributed by atoms with Gasteiger partial charge in [0.05, 0.1) is 24.9 Å². The number of methoxy groups -OCH3 is 1. The Morgan fingerprint density at radius 3 is 1.97 bits per heavy atom. The van der Waals surface area contributed by atoms with Gasteiger partial charge in [0.1, 0.15) is 48.8 Å². The van der Waals surface area contributed by atoms with Crippen molar-refractivity contribution in [1.82, 2.24) is 0 Å². The van der Waals surface area contributed by atoms with Crippen molar-refractivity contribution in [2.45, 2.75) is 107 Å². The Morgan fingerprint density at radius 1 is 0.743 bits per heavy atom. The van der Waals surface area contributed by atoms with E-state index in [9.17, 15) is 40.5 Å². The maximum absolute atomic E-state index is 11.4. The van der Waals surface area contributed by atoms with Crippen LogP contribution in [-0.2, 0) is 33.2 Å². The summed E-state index contributed by atoms with van der Waals surface area (Å²) in [5, 5.41) is 71.2. The number of rotatable bonds is 7. The molecule has 0 aromatic carbocycles. The number of aliphatic hydroxyl groups excluding tert-OH is 6. The highest BCUT2D eigenvalue weighted by molar-refractivity contribution is 5.73. The molecule has 0 saturated carbocycles. The van der Waals surface area contributed by atoms with Crippen molar-refractivity contribution >= 4 is 5.97 Å². The van der Waals surface area contributed by atoms with Crippen molar-refractivity contribution in [3.05, 3.63) is 0 Å². The first-order chi connectivity index (χ1) is 16.4. The zero-order valence-corrected chi connectivity index (χ0v) is 19.9. The van der Waals surface area contributed by atoms with Crippen LogP contribution in [0, 0.1) is 5.92 Å². The molecule has 0 spiro atoms. The lowest BCUT2D eigenvalue weighted by molar-refractivity contribution is -0.349. The fourth-order valence-electron chi connectivity index (χ4n) is 4.62. The van der Waals surface area contributed by atoms with Crippen LogP contribution in [0.1, 0.15) is 20.8 Å². The average Bonchev–Trinajstić information content (AvgIpc) is 2.81. The van der Waals surface area contributed by atoms with Crippen LogP contribution in [0.15, 0.2) is 0 Å². The summed E-state index contributed by atoms with van der Waals surface area (Å²) in [6.45, 7) is 4.21. The van der Waals surface area contributed by atoms with E-state index in [-0.39, 0.29) is 0 Å². The highest BCUT2D eigenvalue weighted by Crippen LogP contribution is 2.31. The summed E-state index contributed by atoms with van der Waals surface area (Å²) in [6.07, 6.45) is -17.8. The number of carboxylic acid groups (broad SMARTS) is 1. The van der Waals surface area contributed by atoms with Gasteiger partial charge in [-0.15, -0.1) is 0 Å². The first-order valence-corrected chi connectivity index (χ1v) is 11.5. The second-order valence-corrected chi connectivity index (χ2v) is 9.29. The van der Waals surface area contributed by atoms with Crippen LogP contribution in [0.2, 0.25) is 0 Å². The number of hydrogen-bond donors (Lipinski definition) is 7. The molecule has 0 aliphatic carbocycles. The number of aliphatic carboxylic acids is 1. The maximum atomic E-state index is 11.4. The van der Waals surface area contributed by atoms with Gasteiger partial charge >= 0.3 is 5.97 Å². The van der Waals surface area contributed by atoms with Crippen molar-refractivity contribution in [2.24, 2.45) is 5.92 Å². The molecule has 7 N–H and O–H groups in total. The van der Waals surface area contributed by atoms with Gasteiger partial charge < -0.3 is 64.2 Å². The topological polar surface area (TPSA) is 214 Å². The molecule has 14 heteroatoms. The highest BCUT2D eigenvalue weighted by atomic mass is 16.7. The molecule has 0 aromatic heterocycles. The number of carbonyl (C=O) groups is 1. The summed E-state index contributed by atoms with van der Waals surface area (Å²) < 4.78 is 33.1. The Kier molecular flexibility index (Phi) is 9.45. The molecule has 3 aliphatic heterocycles. The second kappa shape index (κ2) is 11.6. The number of carboxylic acids is 1. The normalized spacial score (nSPS) is 51.2. The highest BCUT2D eigenvalue weighted by Gasteiger charge is 2.51. The van der Waals surface area contributed by atoms with Crippen LogP contribution >= 0.6 is 0 Å². The minimum atomic E-state index is -1.72. The molecule has 3 saturated heterocycles. The van der Waals surface area contributed by atoms with Gasteiger partial charge in [0.15, 0.2) is 18.7 Å². The third-order valence-electron chi connectivity index (χ3n) is 6.86. The maximum Gasteiger partial charge on any atom is 0.333 e. The molecule has 14 nitrogen and oxygen atoms in total. The standard InChI is InChI=1S/C21H36O14/c1-6-10(22)14(26)20(34-16(6)19(28)29)31-5-9-12(24)13(25)15(27)21(33-9)35-17-8(3)32-7(2)11(23)18(17)30-4/h6-18,20-27H,5H2,1-4H3,(H,28,29)/t6-,7?,8?,9?,10-,11-,12+,13-,14?,15?,16?,17?,18-,20-,21+/m0/s1. The first-order valence-electron chi connectivity index (χ1n) is 11.5. The Bertz CT molecular complexity index is 710. The van der Waals surface area contributed by atoms with Crippen molar-refractivity contribution in [2.75, 3.05) is 13.7 Å². The lowest BCUT2D eigenvalue weighted by Crippen LogP contribution is -2.64. The van der Waals surface area contributed by atoms with Gasteiger partial charge in [0.25, 0.3) is 0 Å². The minimum absolute atomic E-state index is 0.524. The summed E-state index contributed by atoms with van der Waals surface area (Å²) in [5.41, 5.74) is 0. The van der Waals surface area contributed by atoms with Gasteiger partial charge in [-0.3, -0.25) is 0 Å². The van der Waals surface area contributed by atoms with Crippen LogP contribution < -0.4 is 0 Å². The third kappa shape index (κ3) is 5.79. The quantitative estimate of drug-likeness (QED) is 0.177. The summed E-state index contributed by atoms with van der Waals surface area (Å²) >= 11 is 0. The van der Waals surface area contributed by atoms with Crippen LogP contribution in [-0.4, -0.2) is 141 Å². The number of hydrogen-bond acceptors (Lipinski definition) is 13. The van der Waals surface area contributed by atoms with E-state index in [0.717, 1.165) is 0 Å². The summed E-state index contributed by atoms with van der Waals surface area (Å²) in [6, 6.07) is 0. The fraction of sp³-hybridized carbons (Fsp3) is 0.952. The van der Waals surface area contributed by atoms with E-state index < -0.39 is 104 Å². The predicted molar refractivity (Wildman–Crippen MR) is 112 cm³/mol. The molecule has 0 aromatic rings. The third-order valence-corrected chi connectivity index (χ3v) is 6.86.